The van der Waals surface area contributed by atoms with Crippen molar-refractivity contribution in [1.82, 2.24) is 15.5 Å². The number of halogens is 1. The molecule has 0 radical (unpaired) electrons. The van der Waals surface area contributed by atoms with Crippen molar-refractivity contribution in [2.45, 2.75) is 45.4 Å². The van der Waals surface area contributed by atoms with Crippen molar-refractivity contribution in [3.8, 4) is 0 Å². The summed E-state index contributed by atoms with van der Waals surface area (Å²) < 4.78 is 5.74. The maximum atomic E-state index is 5.74. The van der Waals surface area contributed by atoms with Crippen LogP contribution in [-0.4, -0.2) is 56.3 Å². The maximum absolute atomic E-state index is 5.74. The van der Waals surface area contributed by atoms with E-state index in [9.17, 15) is 0 Å². The highest BCUT2D eigenvalue weighted by Crippen LogP contribution is 2.26. The third kappa shape index (κ3) is 7.50. The van der Waals surface area contributed by atoms with Crippen molar-refractivity contribution in [1.29, 1.82) is 0 Å². The summed E-state index contributed by atoms with van der Waals surface area (Å²) in [5.41, 5.74) is 0. The fourth-order valence-corrected chi connectivity index (χ4v) is 5.47. The van der Waals surface area contributed by atoms with Crippen LogP contribution in [0.2, 0.25) is 0 Å². The van der Waals surface area contributed by atoms with Gasteiger partial charge in [0.25, 0.3) is 0 Å². The van der Waals surface area contributed by atoms with Gasteiger partial charge >= 0.3 is 0 Å². The molecule has 29 heavy (non-hydrogen) atoms. The molecule has 0 spiro atoms. The van der Waals surface area contributed by atoms with Crippen LogP contribution in [0, 0.1) is 6.92 Å². The van der Waals surface area contributed by atoms with Gasteiger partial charge in [-0.2, -0.15) is 0 Å². The molecule has 1 fully saturated rings. The molecule has 0 aliphatic carbocycles. The number of rotatable bonds is 7. The van der Waals surface area contributed by atoms with Crippen molar-refractivity contribution in [3.05, 3.63) is 44.3 Å². The number of aryl methyl sites for hydroxylation is 1. The third-order valence-electron chi connectivity index (χ3n) is 4.96. The first kappa shape index (κ1) is 24.6. The number of hydrogen-bond acceptors (Lipinski definition) is 5. The molecule has 162 valence electrons. The molecule has 3 heterocycles. The molecule has 5 nitrogen and oxygen atoms in total. The van der Waals surface area contributed by atoms with Crippen LogP contribution in [0.1, 0.15) is 34.5 Å². The van der Waals surface area contributed by atoms with E-state index >= 15 is 0 Å². The van der Waals surface area contributed by atoms with E-state index in [1.165, 1.54) is 14.6 Å². The molecule has 3 atom stereocenters. The summed E-state index contributed by atoms with van der Waals surface area (Å²) in [6.07, 6.45) is 1.29. The average Bonchev–Trinajstić information content (AvgIpc) is 3.33. The normalized spacial score (nSPS) is 20.0. The van der Waals surface area contributed by atoms with E-state index in [2.05, 4.69) is 70.9 Å². The zero-order valence-electron chi connectivity index (χ0n) is 17.7. The number of hydrogen-bond donors (Lipinski definition) is 2. The smallest absolute Gasteiger partial charge is 0.191 e. The van der Waals surface area contributed by atoms with Gasteiger partial charge in [-0.1, -0.05) is 6.07 Å². The first-order valence-electron chi connectivity index (χ1n) is 9.96. The second-order valence-corrected chi connectivity index (χ2v) is 9.77. The quantitative estimate of drug-likeness (QED) is 0.308. The molecular weight excluding hydrogens is 515 g/mol. The van der Waals surface area contributed by atoms with Gasteiger partial charge < -0.3 is 15.4 Å². The molecule has 2 aromatic heterocycles. The third-order valence-corrected chi connectivity index (χ3v) is 6.95. The molecule has 2 N–H and O–H groups in total. The molecule has 1 aliphatic heterocycles. The van der Waals surface area contributed by atoms with Gasteiger partial charge in [-0.05, 0) is 44.4 Å². The molecule has 2 aromatic rings. The Kier molecular flexibility index (Phi) is 10.4. The summed E-state index contributed by atoms with van der Waals surface area (Å²) in [6, 6.07) is 9.44. The van der Waals surface area contributed by atoms with Crippen LogP contribution in [0.4, 0.5) is 0 Å². The zero-order valence-corrected chi connectivity index (χ0v) is 21.6. The summed E-state index contributed by atoms with van der Waals surface area (Å²) >= 11 is 3.69. The monoisotopic (exact) mass is 548 g/mol. The lowest BCUT2D eigenvalue weighted by molar-refractivity contribution is -0.0334. The van der Waals surface area contributed by atoms with Crippen LogP contribution in [-0.2, 0) is 11.2 Å². The molecule has 3 unspecified atom stereocenters. The highest BCUT2D eigenvalue weighted by molar-refractivity contribution is 14.0. The summed E-state index contributed by atoms with van der Waals surface area (Å²) in [5, 5.41) is 9.26. The van der Waals surface area contributed by atoms with Crippen LogP contribution in [0.25, 0.3) is 0 Å². The summed E-state index contributed by atoms with van der Waals surface area (Å²) in [4.78, 5) is 11.1. The molecule has 3 rings (SSSR count). The number of nitrogens with one attached hydrogen (secondary N) is 2. The van der Waals surface area contributed by atoms with E-state index in [0.29, 0.717) is 12.1 Å². The molecule has 0 aromatic carbocycles. The van der Waals surface area contributed by atoms with E-state index in [0.717, 1.165) is 38.6 Å². The zero-order chi connectivity index (χ0) is 19.9. The molecule has 1 saturated heterocycles. The van der Waals surface area contributed by atoms with E-state index in [4.69, 9.17) is 4.74 Å². The summed E-state index contributed by atoms with van der Waals surface area (Å²) in [5.74, 6) is 0.864. The SMILES string of the molecule is CN=C(NCC(c1cccs1)N1CCOC(C)C1)NC(C)Cc1ccc(C)s1.I. The lowest BCUT2D eigenvalue weighted by atomic mass is 10.1. The van der Waals surface area contributed by atoms with Gasteiger partial charge in [0.05, 0.1) is 18.8 Å². The van der Waals surface area contributed by atoms with Gasteiger partial charge in [0.1, 0.15) is 0 Å². The molecule has 8 heteroatoms. The fraction of sp³-hybridized carbons (Fsp3) is 0.571. The predicted molar refractivity (Wildman–Crippen MR) is 136 cm³/mol. The Bertz CT molecular complexity index is 750. The Morgan fingerprint density at radius 2 is 2.21 bits per heavy atom. The Hall–Kier alpha value is -0.680. The minimum atomic E-state index is 0. The lowest BCUT2D eigenvalue weighted by Crippen LogP contribution is -2.49. The predicted octanol–water partition coefficient (Wildman–Crippen LogP) is 4.29. The summed E-state index contributed by atoms with van der Waals surface area (Å²) in [6.45, 7) is 10.1. The highest BCUT2D eigenvalue weighted by atomic mass is 127. The standard InChI is InChI=1S/C21H32N4OS2.HI/c1-15(12-18-8-7-17(3)28-18)24-21(22-4)23-13-19(20-6-5-11-27-20)25-9-10-26-16(2)14-25;/h5-8,11,15-16,19H,9-10,12-14H2,1-4H3,(H2,22,23,24);1H. The molecule has 0 saturated carbocycles. The average molecular weight is 549 g/mol. The van der Waals surface area contributed by atoms with Gasteiger partial charge in [0.15, 0.2) is 5.96 Å². The van der Waals surface area contributed by atoms with Crippen molar-refractivity contribution in [2.75, 3.05) is 33.3 Å². The number of nitrogens with zero attached hydrogens (tertiary/aromatic N) is 2. The van der Waals surface area contributed by atoms with Crippen LogP contribution < -0.4 is 10.6 Å². The van der Waals surface area contributed by atoms with Gasteiger partial charge in [-0.15, -0.1) is 46.7 Å². The largest absolute Gasteiger partial charge is 0.376 e. The van der Waals surface area contributed by atoms with Crippen LogP contribution in [0.3, 0.4) is 0 Å². The number of aliphatic imine (C=N–C) groups is 1. The van der Waals surface area contributed by atoms with Crippen molar-refractivity contribution in [3.63, 3.8) is 0 Å². The summed E-state index contributed by atoms with van der Waals surface area (Å²) in [7, 11) is 1.84. The highest BCUT2D eigenvalue weighted by Gasteiger charge is 2.26. The van der Waals surface area contributed by atoms with Gasteiger partial charge in [-0.25, -0.2) is 0 Å². The van der Waals surface area contributed by atoms with E-state index in [1.54, 1.807) is 0 Å². The Balaban J connectivity index is 0.00000300. The lowest BCUT2D eigenvalue weighted by Gasteiger charge is -2.37. The number of ether oxygens (including phenoxy) is 1. The minimum absolute atomic E-state index is 0. The Morgan fingerprint density at radius 1 is 1.38 bits per heavy atom. The van der Waals surface area contributed by atoms with Crippen molar-refractivity contribution < 1.29 is 4.74 Å². The number of morpholine rings is 1. The van der Waals surface area contributed by atoms with Crippen LogP contribution >= 0.6 is 46.7 Å². The first-order chi connectivity index (χ1) is 13.5. The Morgan fingerprint density at radius 3 is 2.83 bits per heavy atom. The first-order valence-corrected chi connectivity index (χ1v) is 11.7. The molecule has 0 amide bonds. The topological polar surface area (TPSA) is 48.9 Å². The van der Waals surface area contributed by atoms with Crippen molar-refractivity contribution >= 4 is 52.6 Å². The van der Waals surface area contributed by atoms with Crippen LogP contribution in [0.15, 0.2) is 34.6 Å². The minimum Gasteiger partial charge on any atom is -0.376 e. The van der Waals surface area contributed by atoms with Gasteiger partial charge in [-0.3, -0.25) is 9.89 Å². The Labute approximate surface area is 200 Å². The van der Waals surface area contributed by atoms with Gasteiger partial charge in [0, 0.05) is 53.8 Å². The van der Waals surface area contributed by atoms with E-state index in [1.807, 2.05) is 29.7 Å². The van der Waals surface area contributed by atoms with E-state index in [-0.39, 0.29) is 30.1 Å². The van der Waals surface area contributed by atoms with Gasteiger partial charge in [0.2, 0.25) is 0 Å². The maximum Gasteiger partial charge on any atom is 0.191 e. The number of thiophene rings is 2. The fourth-order valence-electron chi connectivity index (χ4n) is 3.59. The van der Waals surface area contributed by atoms with Crippen molar-refractivity contribution in [2.24, 2.45) is 4.99 Å². The molecule has 1 aliphatic rings. The van der Waals surface area contributed by atoms with Crippen LogP contribution in [0.5, 0.6) is 0 Å². The molecular formula is C21H33IN4OS2. The van der Waals surface area contributed by atoms with E-state index < -0.39 is 0 Å². The second-order valence-electron chi connectivity index (χ2n) is 7.42. The number of guanidine groups is 1. The molecule has 0 bridgehead atoms. The second kappa shape index (κ2) is 12.2.